The number of primary amides is 1. The second-order valence-electron chi connectivity index (χ2n) is 5.52. The third-order valence-electron chi connectivity index (χ3n) is 3.73. The lowest BCUT2D eigenvalue weighted by Crippen LogP contribution is -2.11. The van der Waals surface area contributed by atoms with E-state index in [0.29, 0.717) is 12.1 Å². The van der Waals surface area contributed by atoms with Crippen LogP contribution >= 0.6 is 0 Å². The van der Waals surface area contributed by atoms with E-state index >= 15 is 0 Å². The third kappa shape index (κ3) is 3.13. The van der Waals surface area contributed by atoms with Gasteiger partial charge in [0.05, 0.1) is 6.54 Å². The Kier molecular flexibility index (Phi) is 3.93. The molecule has 0 atom stereocenters. The quantitative estimate of drug-likeness (QED) is 0.805. The van der Waals surface area contributed by atoms with E-state index < -0.39 is 5.91 Å². The largest absolute Gasteiger partial charge is 0.366 e. The Morgan fingerprint density at radius 3 is 2.43 bits per heavy atom. The van der Waals surface area contributed by atoms with Crippen LogP contribution < -0.4 is 5.73 Å². The lowest BCUT2D eigenvalue weighted by Gasteiger charge is -2.08. The van der Waals surface area contributed by atoms with Gasteiger partial charge in [0.2, 0.25) is 5.91 Å². The molecule has 0 saturated heterocycles. The van der Waals surface area contributed by atoms with Gasteiger partial charge in [-0.1, -0.05) is 36.4 Å². The lowest BCUT2D eigenvalue weighted by atomic mass is 10.1. The average Bonchev–Trinajstić information content (AvgIpc) is 2.88. The summed E-state index contributed by atoms with van der Waals surface area (Å²) in [5.41, 5.74) is 9.04. The van der Waals surface area contributed by atoms with Crippen LogP contribution in [0, 0.1) is 13.8 Å². The van der Waals surface area contributed by atoms with Crippen LogP contribution in [-0.2, 0) is 6.54 Å². The standard InChI is InChI=1S/C18H18N4O/c1-12-5-3-4-6-16(12)18-20-13(2)21-22(18)11-14-7-9-15(10-8-14)17(19)23/h3-10H,11H2,1-2H3,(H2,19,23). The van der Waals surface area contributed by atoms with E-state index in [0.717, 1.165) is 28.3 Å². The average molecular weight is 306 g/mol. The van der Waals surface area contributed by atoms with Gasteiger partial charge in [0.25, 0.3) is 0 Å². The van der Waals surface area contributed by atoms with Gasteiger partial charge in [-0.05, 0) is 37.1 Å². The summed E-state index contributed by atoms with van der Waals surface area (Å²) in [6.45, 7) is 4.53. The first-order chi connectivity index (χ1) is 11.0. The highest BCUT2D eigenvalue weighted by molar-refractivity contribution is 5.92. The van der Waals surface area contributed by atoms with E-state index in [9.17, 15) is 4.79 Å². The normalized spacial score (nSPS) is 10.7. The number of nitrogens with zero attached hydrogens (tertiary/aromatic N) is 3. The second kappa shape index (κ2) is 6.04. The molecule has 23 heavy (non-hydrogen) atoms. The maximum atomic E-state index is 11.1. The van der Waals surface area contributed by atoms with Crippen molar-refractivity contribution in [1.29, 1.82) is 0 Å². The van der Waals surface area contributed by atoms with Crippen LogP contribution in [0.3, 0.4) is 0 Å². The van der Waals surface area contributed by atoms with Crippen molar-refractivity contribution in [3.05, 3.63) is 71.0 Å². The van der Waals surface area contributed by atoms with Crippen molar-refractivity contribution in [2.24, 2.45) is 5.73 Å². The molecule has 2 aromatic carbocycles. The van der Waals surface area contributed by atoms with E-state index in [1.54, 1.807) is 12.1 Å². The molecule has 0 spiro atoms. The molecule has 0 fully saturated rings. The Morgan fingerprint density at radius 2 is 1.78 bits per heavy atom. The van der Waals surface area contributed by atoms with Crippen LogP contribution in [0.4, 0.5) is 0 Å². The molecule has 0 saturated carbocycles. The number of nitrogens with two attached hydrogens (primary N) is 1. The number of aromatic nitrogens is 3. The molecule has 5 nitrogen and oxygen atoms in total. The van der Waals surface area contributed by atoms with Crippen molar-refractivity contribution in [3.8, 4) is 11.4 Å². The van der Waals surface area contributed by atoms with Crippen LogP contribution in [0.2, 0.25) is 0 Å². The number of amides is 1. The summed E-state index contributed by atoms with van der Waals surface area (Å²) in [7, 11) is 0. The zero-order valence-electron chi connectivity index (χ0n) is 13.2. The predicted molar refractivity (Wildman–Crippen MR) is 89.0 cm³/mol. The molecule has 1 amide bonds. The summed E-state index contributed by atoms with van der Waals surface area (Å²) >= 11 is 0. The van der Waals surface area contributed by atoms with E-state index in [1.807, 2.05) is 41.9 Å². The van der Waals surface area contributed by atoms with Gasteiger partial charge in [-0.15, -0.1) is 0 Å². The highest BCUT2D eigenvalue weighted by Gasteiger charge is 2.12. The van der Waals surface area contributed by atoms with Gasteiger partial charge in [0.15, 0.2) is 5.82 Å². The maximum Gasteiger partial charge on any atom is 0.248 e. The molecule has 0 aliphatic rings. The summed E-state index contributed by atoms with van der Waals surface area (Å²) in [4.78, 5) is 15.7. The number of aryl methyl sites for hydroxylation is 2. The monoisotopic (exact) mass is 306 g/mol. The third-order valence-corrected chi connectivity index (χ3v) is 3.73. The summed E-state index contributed by atoms with van der Waals surface area (Å²) in [5.74, 6) is 1.16. The van der Waals surface area contributed by atoms with Crippen molar-refractivity contribution in [2.75, 3.05) is 0 Å². The van der Waals surface area contributed by atoms with Gasteiger partial charge < -0.3 is 5.73 Å². The van der Waals surface area contributed by atoms with Crippen LogP contribution in [0.15, 0.2) is 48.5 Å². The zero-order valence-corrected chi connectivity index (χ0v) is 13.2. The van der Waals surface area contributed by atoms with E-state index in [1.165, 1.54) is 0 Å². The first-order valence-corrected chi connectivity index (χ1v) is 7.41. The van der Waals surface area contributed by atoms with Crippen LogP contribution in [-0.4, -0.2) is 20.7 Å². The number of hydrogen-bond acceptors (Lipinski definition) is 3. The van der Waals surface area contributed by atoms with Crippen LogP contribution in [0.25, 0.3) is 11.4 Å². The van der Waals surface area contributed by atoms with Gasteiger partial charge in [0.1, 0.15) is 5.82 Å². The van der Waals surface area contributed by atoms with Crippen LogP contribution in [0.1, 0.15) is 27.3 Å². The summed E-state index contributed by atoms with van der Waals surface area (Å²) < 4.78 is 1.89. The second-order valence-corrected chi connectivity index (χ2v) is 5.52. The molecular formula is C18H18N4O. The molecule has 0 radical (unpaired) electrons. The molecule has 0 aliphatic carbocycles. The minimum Gasteiger partial charge on any atom is -0.366 e. The molecule has 0 bridgehead atoms. The van der Waals surface area contributed by atoms with Gasteiger partial charge in [-0.3, -0.25) is 4.79 Å². The zero-order chi connectivity index (χ0) is 16.4. The minimum atomic E-state index is -0.422. The molecule has 3 aromatic rings. The fourth-order valence-electron chi connectivity index (χ4n) is 2.54. The maximum absolute atomic E-state index is 11.1. The molecule has 1 aromatic heterocycles. The van der Waals surface area contributed by atoms with Crippen molar-refractivity contribution in [3.63, 3.8) is 0 Å². The van der Waals surface area contributed by atoms with Crippen LogP contribution in [0.5, 0.6) is 0 Å². The molecule has 2 N–H and O–H groups in total. The first kappa shape index (κ1) is 15.0. The Hall–Kier alpha value is -2.95. The SMILES string of the molecule is Cc1nc(-c2ccccc2C)n(Cc2ccc(C(N)=O)cc2)n1. The fraction of sp³-hybridized carbons (Fsp3) is 0.167. The molecule has 116 valence electrons. The van der Waals surface area contributed by atoms with Crippen molar-refractivity contribution >= 4 is 5.91 Å². The molecule has 0 unspecified atom stereocenters. The summed E-state index contributed by atoms with van der Waals surface area (Å²) in [6.07, 6.45) is 0. The first-order valence-electron chi connectivity index (χ1n) is 7.41. The molecule has 5 heteroatoms. The van der Waals surface area contributed by atoms with E-state index in [4.69, 9.17) is 5.73 Å². The molecule has 1 heterocycles. The van der Waals surface area contributed by atoms with Gasteiger partial charge in [-0.25, -0.2) is 9.67 Å². The smallest absolute Gasteiger partial charge is 0.248 e. The number of hydrogen-bond donors (Lipinski definition) is 1. The topological polar surface area (TPSA) is 73.8 Å². The Balaban J connectivity index is 1.95. The lowest BCUT2D eigenvalue weighted by molar-refractivity contribution is 0.100. The molecule has 0 aliphatic heterocycles. The van der Waals surface area contributed by atoms with E-state index in [2.05, 4.69) is 23.1 Å². The van der Waals surface area contributed by atoms with Crippen molar-refractivity contribution in [1.82, 2.24) is 14.8 Å². The number of benzene rings is 2. The predicted octanol–water partition coefficient (Wildman–Crippen LogP) is 2.71. The van der Waals surface area contributed by atoms with Crippen molar-refractivity contribution in [2.45, 2.75) is 20.4 Å². The van der Waals surface area contributed by atoms with E-state index in [-0.39, 0.29) is 0 Å². The van der Waals surface area contributed by atoms with Crippen molar-refractivity contribution < 1.29 is 4.79 Å². The molecule has 3 rings (SSSR count). The van der Waals surface area contributed by atoms with Gasteiger partial charge >= 0.3 is 0 Å². The highest BCUT2D eigenvalue weighted by atomic mass is 16.1. The molecular weight excluding hydrogens is 288 g/mol. The number of rotatable bonds is 4. The Morgan fingerprint density at radius 1 is 1.09 bits per heavy atom. The van der Waals surface area contributed by atoms with Gasteiger partial charge in [-0.2, -0.15) is 5.10 Å². The minimum absolute atomic E-state index is 0.422. The van der Waals surface area contributed by atoms with Gasteiger partial charge in [0, 0.05) is 11.1 Å². The summed E-state index contributed by atoms with van der Waals surface area (Å²) in [6, 6.07) is 15.4. The Labute approximate surface area is 134 Å². The highest BCUT2D eigenvalue weighted by Crippen LogP contribution is 2.22. The Bertz CT molecular complexity index is 850. The summed E-state index contributed by atoms with van der Waals surface area (Å²) in [5, 5.41) is 4.49. The number of carbonyl (C=O) groups is 1. The number of carbonyl (C=O) groups excluding carboxylic acids is 1. The fourth-order valence-corrected chi connectivity index (χ4v) is 2.54.